The largest absolute Gasteiger partial charge is 0.464 e. The van der Waals surface area contributed by atoms with Crippen molar-refractivity contribution in [2.45, 2.75) is 32.7 Å². The minimum Gasteiger partial charge on any atom is -0.464 e. The predicted molar refractivity (Wildman–Crippen MR) is 72.0 cm³/mol. The van der Waals surface area contributed by atoms with Crippen LogP contribution in [0.2, 0.25) is 0 Å². The molecule has 7 nitrogen and oxygen atoms in total. The van der Waals surface area contributed by atoms with Crippen LogP contribution >= 0.6 is 0 Å². The number of Topliss-reactive ketones (excluding diaryl/α,β-unsaturated/α-hetero) is 1. The van der Waals surface area contributed by atoms with Gasteiger partial charge in [0.25, 0.3) is 0 Å². The van der Waals surface area contributed by atoms with Gasteiger partial charge in [0.1, 0.15) is 22.8 Å². The number of aliphatic imine (C=N–C) groups is 1. The molecule has 0 bridgehead atoms. The maximum atomic E-state index is 12.5. The Kier molecular flexibility index (Phi) is 2.57. The van der Waals surface area contributed by atoms with E-state index in [0.29, 0.717) is 11.5 Å². The van der Waals surface area contributed by atoms with Crippen molar-refractivity contribution in [2.24, 2.45) is 10.4 Å². The van der Waals surface area contributed by atoms with Crippen molar-refractivity contribution in [1.29, 1.82) is 5.26 Å². The van der Waals surface area contributed by atoms with Crippen LogP contribution in [0.1, 0.15) is 32.8 Å². The molecule has 0 spiro atoms. The highest BCUT2D eigenvalue weighted by molar-refractivity contribution is 6.19. The Hall–Kier alpha value is -2.49. The Morgan fingerprint density at radius 1 is 1.57 bits per heavy atom. The van der Waals surface area contributed by atoms with Gasteiger partial charge in [0.05, 0.1) is 12.8 Å². The molecule has 1 aliphatic carbocycles. The molecular formula is C14H14N4O3. The molecule has 2 heterocycles. The first-order valence-corrected chi connectivity index (χ1v) is 6.68. The summed E-state index contributed by atoms with van der Waals surface area (Å²) >= 11 is 0. The third-order valence-electron chi connectivity index (χ3n) is 4.43. The van der Waals surface area contributed by atoms with E-state index >= 15 is 0 Å². The van der Waals surface area contributed by atoms with Gasteiger partial charge >= 0.3 is 5.97 Å². The molecule has 2 aliphatic rings. The average Bonchev–Trinajstić information content (AvgIpc) is 3.03. The van der Waals surface area contributed by atoms with Gasteiger partial charge in [-0.15, -0.1) is 0 Å². The topological polar surface area (TPSA) is 97.3 Å². The zero-order chi connectivity index (χ0) is 15.4. The second-order valence-corrected chi connectivity index (χ2v) is 5.32. The van der Waals surface area contributed by atoms with E-state index in [-0.39, 0.29) is 24.4 Å². The molecule has 1 aliphatic heterocycles. The number of rotatable bonds is 3. The molecule has 1 aromatic heterocycles. The Balaban J connectivity index is 2.26. The lowest BCUT2D eigenvalue weighted by Crippen LogP contribution is -2.44. The van der Waals surface area contributed by atoms with E-state index in [1.807, 2.05) is 6.07 Å². The number of ketones is 1. The molecule has 7 heteroatoms. The summed E-state index contributed by atoms with van der Waals surface area (Å²) in [5, 5.41) is 13.2. The number of esters is 1. The molecule has 2 unspecified atom stereocenters. The van der Waals surface area contributed by atoms with Crippen molar-refractivity contribution in [3.05, 3.63) is 11.8 Å². The lowest BCUT2D eigenvalue weighted by atomic mass is 9.89. The number of nitriles is 1. The number of nitrogens with zero attached hydrogens (tertiary/aromatic N) is 4. The summed E-state index contributed by atoms with van der Waals surface area (Å²) in [5.74, 6) is -0.322. The van der Waals surface area contributed by atoms with E-state index in [4.69, 9.17) is 10.00 Å². The van der Waals surface area contributed by atoms with Gasteiger partial charge in [0.15, 0.2) is 11.4 Å². The fourth-order valence-corrected chi connectivity index (χ4v) is 3.34. The van der Waals surface area contributed by atoms with Crippen molar-refractivity contribution >= 4 is 23.3 Å². The minimum absolute atomic E-state index is 0.142. The van der Waals surface area contributed by atoms with Gasteiger partial charge < -0.3 is 4.74 Å². The molecular weight excluding hydrogens is 272 g/mol. The van der Waals surface area contributed by atoms with E-state index in [2.05, 4.69) is 10.1 Å². The average molecular weight is 286 g/mol. The quantitative estimate of drug-likeness (QED) is 0.775. The molecule has 1 saturated carbocycles. The van der Waals surface area contributed by atoms with Crippen molar-refractivity contribution in [3.63, 3.8) is 0 Å². The van der Waals surface area contributed by atoms with Crippen molar-refractivity contribution in [2.75, 3.05) is 6.61 Å². The lowest BCUT2D eigenvalue weighted by Gasteiger charge is -2.27. The van der Waals surface area contributed by atoms with Crippen molar-refractivity contribution in [1.82, 2.24) is 9.78 Å². The van der Waals surface area contributed by atoms with Gasteiger partial charge in [0, 0.05) is 12.1 Å². The molecule has 2 atom stereocenters. The first-order chi connectivity index (χ1) is 9.95. The Labute approximate surface area is 121 Å². The molecule has 0 aromatic carbocycles. The number of hydrogen-bond donors (Lipinski definition) is 0. The molecule has 108 valence electrons. The zero-order valence-corrected chi connectivity index (χ0v) is 12.0. The first kappa shape index (κ1) is 13.5. The smallest absolute Gasteiger partial charge is 0.335 e. The van der Waals surface area contributed by atoms with Crippen LogP contribution in [0.25, 0.3) is 0 Å². The summed E-state index contributed by atoms with van der Waals surface area (Å²) in [4.78, 5) is 29.0. The summed E-state index contributed by atoms with van der Waals surface area (Å²) in [6.45, 7) is 5.08. The summed E-state index contributed by atoms with van der Waals surface area (Å²) < 4.78 is 6.55. The monoisotopic (exact) mass is 286 g/mol. The van der Waals surface area contributed by atoms with Crippen LogP contribution in [-0.2, 0) is 19.9 Å². The first-order valence-electron chi connectivity index (χ1n) is 6.68. The van der Waals surface area contributed by atoms with Crippen LogP contribution < -0.4 is 0 Å². The van der Waals surface area contributed by atoms with Gasteiger partial charge in [-0.2, -0.15) is 10.4 Å². The summed E-state index contributed by atoms with van der Waals surface area (Å²) in [7, 11) is 0. The second kappa shape index (κ2) is 4.01. The molecule has 0 N–H and O–H groups in total. The third-order valence-corrected chi connectivity index (χ3v) is 4.43. The van der Waals surface area contributed by atoms with Gasteiger partial charge in [-0.05, 0) is 20.8 Å². The van der Waals surface area contributed by atoms with Crippen LogP contribution in [0.5, 0.6) is 0 Å². The molecule has 1 fully saturated rings. The van der Waals surface area contributed by atoms with E-state index in [1.54, 1.807) is 13.8 Å². The van der Waals surface area contributed by atoms with Gasteiger partial charge in [-0.3, -0.25) is 4.79 Å². The van der Waals surface area contributed by atoms with Crippen LogP contribution in [0.3, 0.4) is 0 Å². The molecule has 0 amide bonds. The van der Waals surface area contributed by atoms with Crippen LogP contribution in [0.15, 0.2) is 11.2 Å². The van der Waals surface area contributed by atoms with Crippen molar-refractivity contribution in [3.8, 4) is 6.07 Å². The summed E-state index contributed by atoms with van der Waals surface area (Å²) in [6, 6.07) is 2.00. The highest BCUT2D eigenvalue weighted by Crippen LogP contribution is 2.66. The van der Waals surface area contributed by atoms with Crippen LogP contribution in [-0.4, -0.2) is 33.9 Å². The highest BCUT2D eigenvalue weighted by atomic mass is 16.5. The zero-order valence-electron chi connectivity index (χ0n) is 12.0. The maximum absolute atomic E-state index is 12.5. The fourth-order valence-electron chi connectivity index (χ4n) is 3.34. The van der Waals surface area contributed by atoms with Gasteiger partial charge in [0.2, 0.25) is 0 Å². The van der Waals surface area contributed by atoms with Crippen molar-refractivity contribution < 1.29 is 14.3 Å². The minimum atomic E-state index is -1.19. The molecule has 21 heavy (non-hydrogen) atoms. The van der Waals surface area contributed by atoms with Crippen LogP contribution in [0, 0.1) is 16.7 Å². The normalized spacial score (nSPS) is 28.8. The highest BCUT2D eigenvalue weighted by Gasteiger charge is 2.81. The second-order valence-electron chi connectivity index (χ2n) is 5.32. The molecule has 0 saturated heterocycles. The Bertz CT molecular complexity index is 742. The van der Waals surface area contributed by atoms with E-state index in [9.17, 15) is 9.59 Å². The molecule has 3 rings (SSSR count). The summed E-state index contributed by atoms with van der Waals surface area (Å²) in [5.41, 5.74) is -1.37. The Morgan fingerprint density at radius 2 is 2.29 bits per heavy atom. The van der Waals surface area contributed by atoms with Gasteiger partial charge in [-0.25, -0.2) is 14.5 Å². The summed E-state index contributed by atoms with van der Waals surface area (Å²) in [6.07, 6.45) is 1.64. The number of carbonyl (C=O) groups excluding carboxylic acids is 2. The number of ether oxygens (including phenoxy) is 1. The van der Waals surface area contributed by atoms with E-state index in [1.165, 1.54) is 17.8 Å². The SMILES string of the molecule is CCOC(=O)C12CC1(C(C)=O)C(C)=Nc1c(C#N)cnn12. The number of aromatic nitrogens is 2. The standard InChI is InChI=1S/C14H14N4O3/c1-4-21-12(20)14-7-13(14,9(3)19)8(2)17-11-10(5-15)6-16-18(11)14/h6H,4,7H2,1-3H3. The van der Waals surface area contributed by atoms with Crippen LogP contribution in [0.4, 0.5) is 5.82 Å². The van der Waals surface area contributed by atoms with Gasteiger partial charge in [-0.1, -0.05) is 0 Å². The molecule has 0 radical (unpaired) electrons. The lowest BCUT2D eigenvalue weighted by molar-refractivity contribution is -0.151. The van der Waals surface area contributed by atoms with E-state index in [0.717, 1.165) is 0 Å². The van der Waals surface area contributed by atoms with E-state index < -0.39 is 16.9 Å². The Morgan fingerprint density at radius 3 is 2.86 bits per heavy atom. The number of carbonyl (C=O) groups is 2. The molecule has 1 aromatic rings. The number of hydrogen-bond acceptors (Lipinski definition) is 6. The predicted octanol–water partition coefficient (Wildman–Crippen LogP) is 1.10. The third kappa shape index (κ3) is 1.32. The maximum Gasteiger partial charge on any atom is 0.335 e. The fraction of sp³-hybridized carbons (Fsp3) is 0.500. The number of fused-ring (bicyclic) bond motifs is 3.